The Kier molecular flexibility index (Phi) is 10.3. The van der Waals surface area contributed by atoms with Crippen LogP contribution in [0.4, 0.5) is 5.69 Å². The molecule has 1 amide bonds. The summed E-state index contributed by atoms with van der Waals surface area (Å²) in [5.74, 6) is 0.365. The van der Waals surface area contributed by atoms with Crippen molar-refractivity contribution in [2.45, 2.75) is 49.9 Å². The number of phenols is 1. The van der Waals surface area contributed by atoms with E-state index in [-0.39, 0.29) is 36.5 Å². The zero-order valence-corrected chi connectivity index (χ0v) is 26.5. The van der Waals surface area contributed by atoms with Crippen molar-refractivity contribution >= 4 is 22.5 Å². The number of anilines is 1. The number of nitrogens with zero attached hydrogens (tertiary/aromatic N) is 1. The summed E-state index contributed by atoms with van der Waals surface area (Å²) in [5.41, 5.74) is 1.24. The second-order valence-corrected chi connectivity index (χ2v) is 12.8. The van der Waals surface area contributed by atoms with E-state index in [2.05, 4.69) is 20.5 Å². The molecule has 3 aliphatic heterocycles. The number of carbonyl (C=O) groups is 1. The van der Waals surface area contributed by atoms with E-state index in [1.807, 2.05) is 54.6 Å². The van der Waals surface area contributed by atoms with E-state index in [0.717, 1.165) is 44.5 Å². The largest absolute Gasteiger partial charge is 0.506 e. The standard InChI is InChI=1S/C37H44N4O6/c42-31-14-12-29(30-13-15-35(45)40-36(30)31)32(43)22-38-18-5-4-11-34(44)39-28-10-6-9-27(21-28)37(46,26-7-2-1-3-8-26)24-47-33-23-41-19-16-25(33)17-20-41/h1-3,6-10,12-15,21,25,32-33,38,42-43,46H,4-5,11,16-20,22-24H2,(H,39,44)(H,40,45)/t32-,33-,37?/m0/s1. The van der Waals surface area contributed by atoms with Gasteiger partial charge in [0.05, 0.1) is 24.3 Å². The van der Waals surface area contributed by atoms with Crippen LogP contribution in [-0.2, 0) is 15.1 Å². The van der Waals surface area contributed by atoms with Crippen LogP contribution >= 0.6 is 0 Å². The molecule has 3 fully saturated rings. The highest BCUT2D eigenvalue weighted by atomic mass is 16.5. The van der Waals surface area contributed by atoms with Crippen molar-refractivity contribution in [1.29, 1.82) is 0 Å². The lowest BCUT2D eigenvalue weighted by molar-refractivity contribution is -0.116. The van der Waals surface area contributed by atoms with Crippen LogP contribution in [0.25, 0.3) is 10.9 Å². The molecule has 10 nitrogen and oxygen atoms in total. The molecule has 1 aromatic heterocycles. The molecular weight excluding hydrogens is 596 g/mol. The zero-order chi connectivity index (χ0) is 32.8. The number of aromatic nitrogens is 1. The fraction of sp³-hybridized carbons (Fsp3) is 0.405. The Hall–Kier alpha value is -4.06. The highest BCUT2D eigenvalue weighted by molar-refractivity contribution is 5.90. The lowest BCUT2D eigenvalue weighted by atomic mass is 9.84. The number of ether oxygens (including phenoxy) is 1. The molecule has 4 heterocycles. The first kappa shape index (κ1) is 32.9. The number of phenolic OH excluding ortho intramolecular Hbond substituents is 1. The highest BCUT2D eigenvalue weighted by Crippen LogP contribution is 2.35. The molecule has 0 radical (unpaired) electrons. The highest BCUT2D eigenvalue weighted by Gasteiger charge is 2.38. The van der Waals surface area contributed by atoms with Crippen LogP contribution in [0, 0.1) is 5.92 Å². The minimum absolute atomic E-state index is 0.0489. The topological polar surface area (TPSA) is 147 Å². The van der Waals surface area contributed by atoms with E-state index in [1.165, 1.54) is 12.1 Å². The number of rotatable bonds is 14. The number of aliphatic hydroxyl groups is 2. The van der Waals surface area contributed by atoms with Crippen LogP contribution < -0.4 is 16.2 Å². The molecule has 0 spiro atoms. The zero-order valence-electron chi connectivity index (χ0n) is 26.5. The number of pyridine rings is 1. The van der Waals surface area contributed by atoms with Gasteiger partial charge in [-0.15, -0.1) is 0 Å². The van der Waals surface area contributed by atoms with Gasteiger partial charge in [-0.05, 0) is 92.2 Å². The first-order valence-electron chi connectivity index (χ1n) is 16.6. The average molecular weight is 641 g/mol. The van der Waals surface area contributed by atoms with Crippen LogP contribution in [0.5, 0.6) is 5.75 Å². The molecule has 10 heteroatoms. The first-order chi connectivity index (χ1) is 22.8. The summed E-state index contributed by atoms with van der Waals surface area (Å²) >= 11 is 0. The second kappa shape index (κ2) is 14.8. The van der Waals surface area contributed by atoms with Gasteiger partial charge >= 0.3 is 0 Å². The summed E-state index contributed by atoms with van der Waals surface area (Å²) in [6.07, 6.45) is 3.25. The smallest absolute Gasteiger partial charge is 0.248 e. The number of H-pyrrole nitrogens is 1. The van der Waals surface area contributed by atoms with Gasteiger partial charge in [0.15, 0.2) is 0 Å². The fourth-order valence-electron chi connectivity index (χ4n) is 6.89. The Morgan fingerprint density at radius 3 is 2.55 bits per heavy atom. The molecule has 3 saturated heterocycles. The molecule has 47 heavy (non-hydrogen) atoms. The molecule has 3 aromatic carbocycles. The third kappa shape index (κ3) is 7.75. The minimum Gasteiger partial charge on any atom is -0.506 e. The summed E-state index contributed by atoms with van der Waals surface area (Å²) in [6.45, 7) is 4.17. The van der Waals surface area contributed by atoms with Crippen LogP contribution in [0.2, 0.25) is 0 Å². The van der Waals surface area contributed by atoms with E-state index >= 15 is 0 Å². The average Bonchev–Trinajstić information content (AvgIpc) is 3.10. The molecule has 6 N–H and O–H groups in total. The molecule has 0 saturated carbocycles. The lowest BCUT2D eigenvalue weighted by Gasteiger charge is -2.45. The predicted molar refractivity (Wildman–Crippen MR) is 181 cm³/mol. The maximum Gasteiger partial charge on any atom is 0.248 e. The third-order valence-electron chi connectivity index (χ3n) is 9.59. The van der Waals surface area contributed by atoms with E-state index in [1.54, 1.807) is 12.1 Å². The fourth-order valence-corrected chi connectivity index (χ4v) is 6.89. The number of fused-ring (bicyclic) bond motifs is 4. The molecule has 2 bridgehead atoms. The summed E-state index contributed by atoms with van der Waals surface area (Å²) in [6, 6.07) is 23.0. The number of hydrogen-bond acceptors (Lipinski definition) is 8. The number of piperidine rings is 3. The van der Waals surface area contributed by atoms with Crippen molar-refractivity contribution in [3.63, 3.8) is 0 Å². The number of benzene rings is 3. The van der Waals surface area contributed by atoms with Gasteiger partial charge in [0.2, 0.25) is 11.5 Å². The van der Waals surface area contributed by atoms with Crippen molar-refractivity contribution in [3.05, 3.63) is 106 Å². The molecule has 4 aromatic rings. The molecule has 0 aliphatic carbocycles. The minimum atomic E-state index is -1.37. The van der Waals surface area contributed by atoms with Crippen LogP contribution in [0.3, 0.4) is 0 Å². The van der Waals surface area contributed by atoms with E-state index in [4.69, 9.17) is 4.74 Å². The molecule has 248 valence electrons. The SMILES string of the molecule is O=C(CCCCNC[C@H](O)c1ccc(O)c2[nH]c(=O)ccc12)Nc1cccc(C(O)(CO[C@H]2CN3CCC2CC3)c2ccccc2)c1. The quantitative estimate of drug-likeness (QED) is 0.113. The van der Waals surface area contributed by atoms with Crippen LogP contribution in [-0.4, -0.2) is 76.5 Å². The number of hydrogen-bond donors (Lipinski definition) is 6. The lowest BCUT2D eigenvalue weighted by Crippen LogP contribution is -2.52. The van der Waals surface area contributed by atoms with Gasteiger partial charge in [-0.1, -0.05) is 48.5 Å². The summed E-state index contributed by atoms with van der Waals surface area (Å²) in [5, 5.41) is 39.7. The third-order valence-corrected chi connectivity index (χ3v) is 9.59. The number of amides is 1. The summed E-state index contributed by atoms with van der Waals surface area (Å²) < 4.78 is 6.44. The van der Waals surface area contributed by atoms with Gasteiger partial charge in [-0.25, -0.2) is 0 Å². The van der Waals surface area contributed by atoms with Gasteiger partial charge < -0.3 is 40.6 Å². The molecular formula is C37H44N4O6. The van der Waals surface area contributed by atoms with Crippen molar-refractivity contribution in [2.75, 3.05) is 44.6 Å². The van der Waals surface area contributed by atoms with Gasteiger partial charge in [0.25, 0.3) is 0 Å². The van der Waals surface area contributed by atoms with Gasteiger partial charge in [-0.3, -0.25) is 9.59 Å². The summed E-state index contributed by atoms with van der Waals surface area (Å²) in [4.78, 5) is 29.5. The second-order valence-electron chi connectivity index (χ2n) is 12.8. The van der Waals surface area contributed by atoms with E-state index in [0.29, 0.717) is 53.0 Å². The van der Waals surface area contributed by atoms with Crippen molar-refractivity contribution in [2.24, 2.45) is 5.92 Å². The number of nitrogens with one attached hydrogen (secondary N) is 3. The van der Waals surface area contributed by atoms with Crippen molar-refractivity contribution in [3.8, 4) is 5.75 Å². The van der Waals surface area contributed by atoms with E-state index < -0.39 is 11.7 Å². The summed E-state index contributed by atoms with van der Waals surface area (Å²) in [7, 11) is 0. The Labute approximate surface area is 274 Å². The number of carbonyl (C=O) groups excluding carboxylic acids is 1. The Balaban J connectivity index is 0.996. The van der Waals surface area contributed by atoms with E-state index in [9.17, 15) is 24.9 Å². The number of aliphatic hydroxyl groups excluding tert-OH is 1. The first-order valence-corrected chi connectivity index (χ1v) is 16.6. The number of aromatic amines is 1. The normalized spacial score (nSPS) is 20.9. The molecule has 3 atom stereocenters. The molecule has 1 unspecified atom stereocenters. The number of unbranched alkanes of at least 4 members (excludes halogenated alkanes) is 1. The van der Waals surface area contributed by atoms with Gasteiger partial charge in [0.1, 0.15) is 11.4 Å². The van der Waals surface area contributed by atoms with Crippen LogP contribution in [0.1, 0.15) is 54.9 Å². The Bertz CT molecular complexity index is 1720. The monoisotopic (exact) mass is 640 g/mol. The maximum atomic E-state index is 12.8. The Morgan fingerprint density at radius 2 is 1.79 bits per heavy atom. The maximum absolute atomic E-state index is 12.8. The van der Waals surface area contributed by atoms with Crippen molar-refractivity contribution in [1.82, 2.24) is 15.2 Å². The van der Waals surface area contributed by atoms with Crippen LogP contribution in [0.15, 0.2) is 83.7 Å². The Morgan fingerprint density at radius 1 is 1.00 bits per heavy atom. The van der Waals surface area contributed by atoms with Gasteiger partial charge in [0, 0.05) is 36.7 Å². The molecule has 3 aliphatic rings. The predicted octanol–water partition coefficient (Wildman–Crippen LogP) is 4.01. The van der Waals surface area contributed by atoms with Gasteiger partial charge in [-0.2, -0.15) is 0 Å². The van der Waals surface area contributed by atoms with Crippen molar-refractivity contribution < 1.29 is 24.9 Å². The molecule has 7 rings (SSSR count). The number of aromatic hydroxyl groups is 1.